The summed E-state index contributed by atoms with van der Waals surface area (Å²) in [5.41, 5.74) is 3.29. The molecule has 0 unspecified atom stereocenters. The largest absolute Gasteiger partial charge is 0.448 e. The zero-order chi connectivity index (χ0) is 16.7. The van der Waals surface area contributed by atoms with Crippen LogP contribution in [0.25, 0.3) is 10.2 Å². The molecule has 2 aromatic carbocycles. The molecule has 1 aromatic heterocycles. The van der Waals surface area contributed by atoms with Crippen LogP contribution in [0, 0.1) is 6.92 Å². The first-order valence-electron chi connectivity index (χ1n) is 7.58. The average Bonchev–Trinajstić information content (AvgIpc) is 2.99. The van der Waals surface area contributed by atoms with Gasteiger partial charge in [0.15, 0.2) is 11.2 Å². The number of anilines is 1. The standard InChI is InChI=1S/C18H14N2O3S/c1-10-5-4-8-14-15(10)19-18(24-14)20-16(21)13-9-11-6-2-3-7-12(11)17(22)23-13/h2-8,13H,9H2,1H3,(H,19,20,21)/t13-/m1/s1. The first kappa shape index (κ1) is 14.8. The summed E-state index contributed by atoms with van der Waals surface area (Å²) in [6.45, 7) is 1.98. The van der Waals surface area contributed by atoms with Gasteiger partial charge in [-0.15, -0.1) is 0 Å². The minimum Gasteiger partial charge on any atom is -0.448 e. The first-order chi connectivity index (χ1) is 11.6. The molecule has 1 amide bonds. The van der Waals surface area contributed by atoms with Crippen molar-refractivity contribution >= 4 is 38.6 Å². The van der Waals surface area contributed by atoms with E-state index >= 15 is 0 Å². The molecule has 1 aliphatic heterocycles. The third kappa shape index (κ3) is 2.55. The van der Waals surface area contributed by atoms with Gasteiger partial charge >= 0.3 is 5.97 Å². The first-order valence-corrected chi connectivity index (χ1v) is 8.39. The predicted molar refractivity (Wildman–Crippen MR) is 92.3 cm³/mol. The van der Waals surface area contributed by atoms with Gasteiger partial charge in [0.05, 0.1) is 15.8 Å². The summed E-state index contributed by atoms with van der Waals surface area (Å²) < 4.78 is 6.28. The van der Waals surface area contributed by atoms with Gasteiger partial charge in [0.25, 0.3) is 5.91 Å². The number of nitrogens with zero attached hydrogens (tertiary/aromatic N) is 1. The van der Waals surface area contributed by atoms with E-state index in [2.05, 4.69) is 10.3 Å². The minimum absolute atomic E-state index is 0.352. The molecule has 1 atom stereocenters. The van der Waals surface area contributed by atoms with E-state index in [0.29, 0.717) is 17.1 Å². The van der Waals surface area contributed by atoms with Crippen LogP contribution in [0.3, 0.4) is 0 Å². The van der Waals surface area contributed by atoms with Crippen molar-refractivity contribution in [2.24, 2.45) is 0 Å². The number of cyclic esters (lactones) is 1. The summed E-state index contributed by atoms with van der Waals surface area (Å²) in [5.74, 6) is -0.813. The highest BCUT2D eigenvalue weighted by Crippen LogP contribution is 2.28. The van der Waals surface area contributed by atoms with E-state index in [1.54, 1.807) is 12.1 Å². The van der Waals surface area contributed by atoms with E-state index in [4.69, 9.17) is 4.74 Å². The quantitative estimate of drug-likeness (QED) is 0.728. The molecule has 0 fully saturated rings. The molecule has 24 heavy (non-hydrogen) atoms. The lowest BCUT2D eigenvalue weighted by Gasteiger charge is -2.23. The number of fused-ring (bicyclic) bond motifs is 2. The Bertz CT molecular complexity index is 964. The Balaban J connectivity index is 1.56. The van der Waals surface area contributed by atoms with Gasteiger partial charge in [-0.1, -0.05) is 41.7 Å². The maximum absolute atomic E-state index is 12.5. The fraction of sp³-hybridized carbons (Fsp3) is 0.167. The van der Waals surface area contributed by atoms with Crippen molar-refractivity contribution in [2.45, 2.75) is 19.4 Å². The van der Waals surface area contributed by atoms with Crippen LogP contribution in [-0.2, 0) is 16.0 Å². The number of aryl methyl sites for hydroxylation is 1. The molecule has 0 aliphatic carbocycles. The SMILES string of the molecule is Cc1cccc2sc(NC(=O)[C@H]3Cc4ccccc4C(=O)O3)nc12. The Labute approximate surface area is 142 Å². The van der Waals surface area contributed by atoms with E-state index in [1.807, 2.05) is 37.3 Å². The van der Waals surface area contributed by atoms with Crippen LogP contribution in [0.15, 0.2) is 42.5 Å². The maximum Gasteiger partial charge on any atom is 0.339 e. The lowest BCUT2D eigenvalue weighted by Crippen LogP contribution is -2.37. The molecule has 0 radical (unpaired) electrons. The number of amides is 1. The number of aromatic nitrogens is 1. The van der Waals surface area contributed by atoms with Gasteiger partial charge in [0.1, 0.15) is 0 Å². The summed E-state index contributed by atoms with van der Waals surface area (Å²) in [5, 5.41) is 3.28. The highest BCUT2D eigenvalue weighted by Gasteiger charge is 2.31. The number of hydrogen-bond acceptors (Lipinski definition) is 5. The average molecular weight is 338 g/mol. The number of esters is 1. The van der Waals surface area contributed by atoms with Gasteiger partial charge in [-0.3, -0.25) is 10.1 Å². The normalized spacial score (nSPS) is 16.5. The molecule has 1 aliphatic rings. The molecule has 6 heteroatoms. The van der Waals surface area contributed by atoms with Gasteiger partial charge in [-0.2, -0.15) is 0 Å². The smallest absolute Gasteiger partial charge is 0.339 e. The summed E-state index contributed by atoms with van der Waals surface area (Å²) in [6.07, 6.45) is -0.460. The molecule has 4 rings (SSSR count). The Morgan fingerprint density at radius 3 is 2.92 bits per heavy atom. The number of nitrogens with one attached hydrogen (secondary N) is 1. The van der Waals surface area contributed by atoms with Crippen molar-refractivity contribution < 1.29 is 14.3 Å². The van der Waals surface area contributed by atoms with Crippen LogP contribution in [0.4, 0.5) is 5.13 Å². The van der Waals surface area contributed by atoms with Gasteiger partial charge < -0.3 is 4.74 Å². The van der Waals surface area contributed by atoms with Gasteiger partial charge in [-0.25, -0.2) is 9.78 Å². The molecule has 120 valence electrons. The monoisotopic (exact) mass is 338 g/mol. The third-order valence-electron chi connectivity index (χ3n) is 4.04. The molecule has 0 bridgehead atoms. The zero-order valence-corrected chi connectivity index (χ0v) is 13.7. The van der Waals surface area contributed by atoms with E-state index in [1.165, 1.54) is 11.3 Å². The lowest BCUT2D eigenvalue weighted by atomic mass is 9.98. The second-order valence-electron chi connectivity index (χ2n) is 5.69. The van der Waals surface area contributed by atoms with Crippen LogP contribution in [-0.4, -0.2) is 23.0 Å². The van der Waals surface area contributed by atoms with Crippen molar-refractivity contribution in [3.8, 4) is 0 Å². The number of rotatable bonds is 2. The van der Waals surface area contributed by atoms with Crippen LogP contribution < -0.4 is 5.32 Å². The number of hydrogen-bond donors (Lipinski definition) is 1. The minimum atomic E-state index is -0.833. The molecule has 2 heterocycles. The summed E-state index contributed by atoms with van der Waals surface area (Å²) in [7, 11) is 0. The lowest BCUT2D eigenvalue weighted by molar-refractivity contribution is -0.125. The summed E-state index contributed by atoms with van der Waals surface area (Å²) in [6, 6.07) is 13.1. The molecule has 0 spiro atoms. The number of para-hydroxylation sites is 1. The van der Waals surface area contributed by atoms with Crippen LogP contribution in [0.1, 0.15) is 21.5 Å². The molecule has 1 N–H and O–H groups in total. The highest BCUT2D eigenvalue weighted by molar-refractivity contribution is 7.22. The second-order valence-corrected chi connectivity index (χ2v) is 6.72. The van der Waals surface area contributed by atoms with Crippen LogP contribution in [0.2, 0.25) is 0 Å². The number of carbonyl (C=O) groups excluding carboxylic acids is 2. The maximum atomic E-state index is 12.5. The van der Waals surface area contributed by atoms with Crippen molar-refractivity contribution in [1.82, 2.24) is 4.98 Å². The van der Waals surface area contributed by atoms with E-state index in [9.17, 15) is 9.59 Å². The molecule has 5 nitrogen and oxygen atoms in total. The molecule has 0 saturated heterocycles. The van der Waals surface area contributed by atoms with Gasteiger partial charge in [0.2, 0.25) is 0 Å². The fourth-order valence-corrected chi connectivity index (χ4v) is 3.75. The van der Waals surface area contributed by atoms with Crippen molar-refractivity contribution in [3.05, 3.63) is 59.2 Å². The highest BCUT2D eigenvalue weighted by atomic mass is 32.1. The Kier molecular flexibility index (Phi) is 3.54. The van der Waals surface area contributed by atoms with Crippen LogP contribution in [0.5, 0.6) is 0 Å². The van der Waals surface area contributed by atoms with E-state index in [-0.39, 0.29) is 5.91 Å². The van der Waals surface area contributed by atoms with Crippen LogP contribution >= 0.6 is 11.3 Å². The van der Waals surface area contributed by atoms with Crippen molar-refractivity contribution in [3.63, 3.8) is 0 Å². The fourth-order valence-electron chi connectivity index (χ4n) is 2.80. The zero-order valence-electron chi connectivity index (χ0n) is 12.9. The number of ether oxygens (including phenoxy) is 1. The summed E-state index contributed by atoms with van der Waals surface area (Å²) >= 11 is 1.41. The molecule has 0 saturated carbocycles. The van der Waals surface area contributed by atoms with Crippen molar-refractivity contribution in [2.75, 3.05) is 5.32 Å². The number of thiazole rings is 1. The Morgan fingerprint density at radius 1 is 1.25 bits per heavy atom. The third-order valence-corrected chi connectivity index (χ3v) is 4.97. The van der Waals surface area contributed by atoms with E-state index in [0.717, 1.165) is 21.3 Å². The Morgan fingerprint density at radius 2 is 2.08 bits per heavy atom. The predicted octanol–water partition coefficient (Wildman–Crippen LogP) is 3.32. The Hall–Kier alpha value is -2.73. The number of benzene rings is 2. The van der Waals surface area contributed by atoms with Gasteiger partial charge in [-0.05, 0) is 30.2 Å². The van der Waals surface area contributed by atoms with Crippen molar-refractivity contribution in [1.29, 1.82) is 0 Å². The molecular weight excluding hydrogens is 324 g/mol. The number of carbonyl (C=O) groups is 2. The topological polar surface area (TPSA) is 68.3 Å². The van der Waals surface area contributed by atoms with Gasteiger partial charge in [0, 0.05) is 6.42 Å². The summed E-state index contributed by atoms with van der Waals surface area (Å²) in [4.78, 5) is 28.9. The van der Waals surface area contributed by atoms with E-state index < -0.39 is 12.1 Å². The molecular formula is C18H14N2O3S. The second kappa shape index (κ2) is 5.72. The molecule has 3 aromatic rings.